The van der Waals surface area contributed by atoms with E-state index in [2.05, 4.69) is 16.0 Å². The number of carbonyl (C=O) groups is 2. The number of hydrogen-bond donors (Lipinski definition) is 3. The molecule has 158 valence electrons. The topological polar surface area (TPSA) is 70.2 Å². The van der Waals surface area contributed by atoms with Gasteiger partial charge in [0.15, 0.2) is 0 Å². The van der Waals surface area contributed by atoms with E-state index in [1.807, 2.05) is 78.9 Å². The lowest BCUT2D eigenvalue weighted by Gasteiger charge is -2.13. The number of benzene rings is 4. The average molecular weight is 422 g/mol. The van der Waals surface area contributed by atoms with Crippen LogP contribution in [0.15, 0.2) is 109 Å². The van der Waals surface area contributed by atoms with Crippen molar-refractivity contribution in [2.75, 3.05) is 16.0 Å². The lowest BCUT2D eigenvalue weighted by molar-refractivity contribution is -0.115. The van der Waals surface area contributed by atoms with Crippen LogP contribution in [0.3, 0.4) is 0 Å². The van der Waals surface area contributed by atoms with Crippen LogP contribution in [0, 0.1) is 0 Å². The Morgan fingerprint density at radius 1 is 0.594 bits per heavy atom. The maximum absolute atomic E-state index is 13.0. The van der Waals surface area contributed by atoms with Crippen LogP contribution in [0.2, 0.25) is 0 Å². The molecule has 5 heteroatoms. The van der Waals surface area contributed by atoms with Crippen LogP contribution in [0.1, 0.15) is 15.9 Å². The smallest absolute Gasteiger partial charge is 0.257 e. The van der Waals surface area contributed by atoms with Gasteiger partial charge in [0, 0.05) is 17.1 Å². The summed E-state index contributed by atoms with van der Waals surface area (Å²) in [5.74, 6) is -0.353. The molecule has 0 atom stereocenters. The van der Waals surface area contributed by atoms with Crippen LogP contribution in [0.25, 0.3) is 0 Å². The van der Waals surface area contributed by atoms with Gasteiger partial charge in [-0.1, -0.05) is 66.7 Å². The van der Waals surface area contributed by atoms with E-state index < -0.39 is 0 Å². The van der Waals surface area contributed by atoms with Crippen LogP contribution >= 0.6 is 0 Å². The van der Waals surface area contributed by atoms with E-state index in [9.17, 15) is 9.59 Å². The lowest BCUT2D eigenvalue weighted by atomic mass is 10.1. The Balaban J connectivity index is 1.44. The van der Waals surface area contributed by atoms with Gasteiger partial charge in [-0.25, -0.2) is 0 Å². The van der Waals surface area contributed by atoms with E-state index >= 15 is 0 Å². The molecule has 4 rings (SSSR count). The van der Waals surface area contributed by atoms with Crippen molar-refractivity contribution < 1.29 is 9.59 Å². The third-order valence-electron chi connectivity index (χ3n) is 4.84. The first kappa shape index (κ1) is 20.9. The summed E-state index contributed by atoms with van der Waals surface area (Å²) in [7, 11) is 0. The number of hydrogen-bond acceptors (Lipinski definition) is 3. The SMILES string of the molecule is O=C(Cc1ccccc1)Nc1cccc(NC(=O)c2ccccc2Nc2ccccc2)c1. The van der Waals surface area contributed by atoms with Crippen LogP contribution in [-0.4, -0.2) is 11.8 Å². The highest BCUT2D eigenvalue weighted by Crippen LogP contribution is 2.23. The molecule has 0 aromatic heterocycles. The van der Waals surface area contributed by atoms with E-state index in [4.69, 9.17) is 0 Å². The molecule has 0 aliphatic heterocycles. The van der Waals surface area contributed by atoms with Gasteiger partial charge in [-0.05, 0) is 48.0 Å². The molecule has 32 heavy (non-hydrogen) atoms. The highest BCUT2D eigenvalue weighted by Gasteiger charge is 2.12. The highest BCUT2D eigenvalue weighted by atomic mass is 16.2. The molecule has 0 spiro atoms. The molecule has 4 aromatic carbocycles. The number of amides is 2. The van der Waals surface area contributed by atoms with Crippen molar-refractivity contribution in [3.63, 3.8) is 0 Å². The molecule has 0 saturated heterocycles. The zero-order valence-corrected chi connectivity index (χ0v) is 17.4. The number of anilines is 4. The Labute approximate surface area is 187 Å². The molecule has 5 nitrogen and oxygen atoms in total. The average Bonchev–Trinajstić information content (AvgIpc) is 2.81. The van der Waals surface area contributed by atoms with Crippen molar-refractivity contribution in [3.05, 3.63) is 120 Å². The van der Waals surface area contributed by atoms with Gasteiger partial charge in [0.05, 0.1) is 17.7 Å². The summed E-state index contributed by atoms with van der Waals surface area (Å²) in [5.41, 5.74) is 4.30. The highest BCUT2D eigenvalue weighted by molar-refractivity contribution is 6.08. The molecular formula is C27H23N3O2. The third kappa shape index (κ3) is 5.61. The zero-order valence-electron chi connectivity index (χ0n) is 17.4. The minimum absolute atomic E-state index is 0.114. The summed E-state index contributed by atoms with van der Waals surface area (Å²) >= 11 is 0. The number of nitrogens with one attached hydrogen (secondary N) is 3. The van der Waals surface area contributed by atoms with E-state index in [0.717, 1.165) is 11.3 Å². The molecule has 0 fully saturated rings. The minimum Gasteiger partial charge on any atom is -0.355 e. The van der Waals surface area contributed by atoms with Crippen molar-refractivity contribution in [3.8, 4) is 0 Å². The van der Waals surface area contributed by atoms with Gasteiger partial charge in [0.25, 0.3) is 5.91 Å². The molecule has 0 aliphatic rings. The Morgan fingerprint density at radius 3 is 1.94 bits per heavy atom. The van der Waals surface area contributed by atoms with Crippen molar-refractivity contribution in [1.82, 2.24) is 0 Å². The van der Waals surface area contributed by atoms with Gasteiger partial charge >= 0.3 is 0 Å². The van der Waals surface area contributed by atoms with Crippen LogP contribution in [-0.2, 0) is 11.2 Å². The van der Waals surface area contributed by atoms with Gasteiger partial charge < -0.3 is 16.0 Å². The second-order valence-electron chi connectivity index (χ2n) is 7.28. The monoisotopic (exact) mass is 421 g/mol. The first-order valence-corrected chi connectivity index (χ1v) is 10.3. The molecule has 0 aliphatic carbocycles. The van der Waals surface area contributed by atoms with Gasteiger partial charge in [0.2, 0.25) is 5.91 Å². The van der Waals surface area contributed by atoms with E-state index in [-0.39, 0.29) is 18.2 Å². The molecule has 0 bridgehead atoms. The van der Waals surface area contributed by atoms with Crippen molar-refractivity contribution in [2.24, 2.45) is 0 Å². The Bertz CT molecular complexity index is 1210. The van der Waals surface area contributed by atoms with Gasteiger partial charge in [-0.3, -0.25) is 9.59 Å². The summed E-state index contributed by atoms with van der Waals surface area (Å²) in [4.78, 5) is 25.3. The van der Waals surface area contributed by atoms with Crippen molar-refractivity contribution in [2.45, 2.75) is 6.42 Å². The normalized spacial score (nSPS) is 10.2. The number of carbonyl (C=O) groups excluding carboxylic acids is 2. The fourth-order valence-corrected chi connectivity index (χ4v) is 3.33. The van der Waals surface area contributed by atoms with Crippen LogP contribution in [0.5, 0.6) is 0 Å². The maximum atomic E-state index is 13.0. The maximum Gasteiger partial charge on any atom is 0.257 e. The Kier molecular flexibility index (Phi) is 6.58. The summed E-state index contributed by atoms with van der Waals surface area (Å²) in [6.07, 6.45) is 0.288. The second-order valence-corrected chi connectivity index (χ2v) is 7.28. The summed E-state index contributed by atoms with van der Waals surface area (Å²) in [6, 6.07) is 33.7. The summed E-state index contributed by atoms with van der Waals surface area (Å²) < 4.78 is 0. The lowest BCUT2D eigenvalue weighted by Crippen LogP contribution is -2.16. The molecular weight excluding hydrogens is 398 g/mol. The predicted octanol–water partition coefficient (Wildman–Crippen LogP) is 5.86. The van der Waals surface area contributed by atoms with Gasteiger partial charge in [-0.2, -0.15) is 0 Å². The van der Waals surface area contributed by atoms with Crippen LogP contribution < -0.4 is 16.0 Å². The Hall–Kier alpha value is -4.38. The van der Waals surface area contributed by atoms with E-state index in [1.54, 1.807) is 30.3 Å². The second kappa shape index (κ2) is 10.1. The molecule has 4 aromatic rings. The summed E-state index contributed by atoms with van der Waals surface area (Å²) in [6.45, 7) is 0. The third-order valence-corrected chi connectivity index (χ3v) is 4.84. The molecule has 3 N–H and O–H groups in total. The zero-order chi connectivity index (χ0) is 22.2. The Morgan fingerprint density at radius 2 is 1.19 bits per heavy atom. The largest absolute Gasteiger partial charge is 0.355 e. The molecule has 0 heterocycles. The fourth-order valence-electron chi connectivity index (χ4n) is 3.33. The van der Waals surface area contributed by atoms with E-state index in [0.29, 0.717) is 22.6 Å². The number of rotatable bonds is 7. The first-order valence-electron chi connectivity index (χ1n) is 10.3. The molecule has 0 radical (unpaired) electrons. The van der Waals surface area contributed by atoms with Gasteiger partial charge in [-0.15, -0.1) is 0 Å². The van der Waals surface area contributed by atoms with Crippen LogP contribution in [0.4, 0.5) is 22.7 Å². The molecule has 0 unspecified atom stereocenters. The molecule has 2 amide bonds. The quantitative estimate of drug-likeness (QED) is 0.350. The standard InChI is InChI=1S/C27H23N3O2/c31-26(18-20-10-3-1-4-11-20)29-22-14-9-15-23(19-22)30-27(32)24-16-7-8-17-25(24)28-21-12-5-2-6-13-21/h1-17,19,28H,18H2,(H,29,31)(H,30,32). The minimum atomic E-state index is -0.239. The van der Waals surface area contributed by atoms with Crippen molar-refractivity contribution in [1.29, 1.82) is 0 Å². The number of para-hydroxylation sites is 2. The summed E-state index contributed by atoms with van der Waals surface area (Å²) in [5, 5.41) is 9.08. The molecule has 0 saturated carbocycles. The van der Waals surface area contributed by atoms with Crippen molar-refractivity contribution >= 4 is 34.6 Å². The van der Waals surface area contributed by atoms with Gasteiger partial charge in [0.1, 0.15) is 0 Å². The fraction of sp³-hybridized carbons (Fsp3) is 0.0370. The first-order chi connectivity index (χ1) is 15.7. The predicted molar refractivity (Wildman–Crippen MR) is 129 cm³/mol. The van der Waals surface area contributed by atoms with E-state index in [1.165, 1.54) is 0 Å².